The van der Waals surface area contributed by atoms with Crippen LogP contribution in [0.3, 0.4) is 0 Å². The minimum Gasteiger partial charge on any atom is -0.386 e. The molecule has 0 aliphatic carbocycles. The highest BCUT2D eigenvalue weighted by molar-refractivity contribution is 5.79. The molecule has 0 saturated heterocycles. The number of nitrogens with two attached hydrogens (primary N) is 1. The molecule has 10 heavy (non-hydrogen) atoms. The van der Waals surface area contributed by atoms with Gasteiger partial charge in [-0.1, -0.05) is 6.92 Å². The van der Waals surface area contributed by atoms with E-state index in [9.17, 15) is 0 Å². The molecule has 0 radical (unpaired) electrons. The molecule has 4 heteroatoms. The van der Waals surface area contributed by atoms with Crippen LogP contribution in [0.4, 0.5) is 0 Å². The maximum atomic E-state index is 5.39. The van der Waals surface area contributed by atoms with E-state index >= 15 is 0 Å². The third-order valence-electron chi connectivity index (χ3n) is 0.956. The highest BCUT2D eigenvalue weighted by Crippen LogP contribution is 1.74. The largest absolute Gasteiger partial charge is 0.386 e. The minimum atomic E-state index is 0.428. The monoisotopic (exact) mass is 145 g/mol. The average molecular weight is 145 g/mol. The first-order chi connectivity index (χ1) is 4.81. The Hall–Kier alpha value is -0.770. The van der Waals surface area contributed by atoms with E-state index < -0.39 is 0 Å². The maximum Gasteiger partial charge on any atom is 0.132 e. The zero-order valence-corrected chi connectivity index (χ0v) is 6.55. The molecule has 0 aromatic rings. The summed E-state index contributed by atoms with van der Waals surface area (Å²) in [5.41, 5.74) is 8.06. The molecule has 0 saturated carbocycles. The van der Waals surface area contributed by atoms with Crippen molar-refractivity contribution in [3.8, 4) is 0 Å². The van der Waals surface area contributed by atoms with E-state index in [4.69, 9.17) is 10.5 Å². The van der Waals surface area contributed by atoms with Gasteiger partial charge in [-0.2, -0.15) is 5.10 Å². The summed E-state index contributed by atoms with van der Waals surface area (Å²) in [5, 5.41) is 3.80. The molecule has 0 aromatic carbocycles. The summed E-state index contributed by atoms with van der Waals surface area (Å²) >= 11 is 0. The van der Waals surface area contributed by atoms with Crippen LogP contribution in [-0.4, -0.2) is 19.2 Å². The Labute approximate surface area is 61.4 Å². The van der Waals surface area contributed by atoms with Gasteiger partial charge in [0, 0.05) is 13.0 Å². The number of amidine groups is 1. The van der Waals surface area contributed by atoms with Crippen LogP contribution in [0.15, 0.2) is 5.10 Å². The van der Waals surface area contributed by atoms with E-state index in [1.165, 1.54) is 0 Å². The van der Waals surface area contributed by atoms with Gasteiger partial charge >= 0.3 is 0 Å². The Morgan fingerprint density at radius 3 is 2.80 bits per heavy atom. The van der Waals surface area contributed by atoms with Crippen molar-refractivity contribution in [3.05, 3.63) is 0 Å². The molecular formula is C6H15N3O. The summed E-state index contributed by atoms with van der Waals surface area (Å²) in [6.45, 7) is 4.99. The van der Waals surface area contributed by atoms with Crippen LogP contribution in [0.2, 0.25) is 0 Å². The lowest BCUT2D eigenvalue weighted by Gasteiger charge is -2.00. The highest BCUT2D eigenvalue weighted by atomic mass is 16.5. The number of hydrogen-bond donors (Lipinski definition) is 2. The molecule has 0 spiro atoms. The van der Waals surface area contributed by atoms with Gasteiger partial charge in [0.25, 0.3) is 0 Å². The normalized spacial score (nSPS) is 11.6. The number of hydrazone groups is 1. The van der Waals surface area contributed by atoms with Gasteiger partial charge in [0.1, 0.15) is 12.6 Å². The van der Waals surface area contributed by atoms with E-state index in [-0.39, 0.29) is 0 Å². The van der Waals surface area contributed by atoms with Crippen molar-refractivity contribution in [2.45, 2.75) is 20.3 Å². The van der Waals surface area contributed by atoms with Crippen molar-refractivity contribution in [1.82, 2.24) is 5.43 Å². The van der Waals surface area contributed by atoms with Crippen molar-refractivity contribution in [2.24, 2.45) is 10.8 Å². The third-order valence-corrected chi connectivity index (χ3v) is 0.956. The lowest BCUT2D eigenvalue weighted by Crippen LogP contribution is -2.18. The molecule has 0 amide bonds. The lowest BCUT2D eigenvalue weighted by atomic mass is 10.5. The number of rotatable bonds is 5. The maximum absolute atomic E-state index is 5.39. The summed E-state index contributed by atoms with van der Waals surface area (Å²) in [6.07, 6.45) is 0.763. The minimum absolute atomic E-state index is 0.428. The van der Waals surface area contributed by atoms with Crippen LogP contribution >= 0.6 is 0 Å². The van der Waals surface area contributed by atoms with Gasteiger partial charge in [-0.05, 0) is 6.92 Å². The second kappa shape index (κ2) is 6.35. The van der Waals surface area contributed by atoms with Crippen LogP contribution in [0, 0.1) is 0 Å². The Balaban J connectivity index is 3.16. The summed E-state index contributed by atoms with van der Waals surface area (Å²) in [4.78, 5) is 0. The SMILES string of the molecule is CCOCN/N=C(\N)CC. The summed E-state index contributed by atoms with van der Waals surface area (Å²) in [5.74, 6) is 0.597. The fourth-order valence-electron chi connectivity index (χ4n) is 0.361. The second-order valence-electron chi connectivity index (χ2n) is 1.75. The molecule has 0 atom stereocenters. The predicted octanol–water partition coefficient (Wildman–Crippen LogP) is 0.252. The van der Waals surface area contributed by atoms with Crippen LogP contribution in [-0.2, 0) is 4.74 Å². The van der Waals surface area contributed by atoms with Gasteiger partial charge < -0.3 is 10.5 Å². The molecule has 3 N–H and O–H groups in total. The van der Waals surface area contributed by atoms with Gasteiger partial charge in [-0.3, -0.25) is 5.43 Å². The van der Waals surface area contributed by atoms with E-state index in [1.807, 2.05) is 13.8 Å². The molecular weight excluding hydrogens is 130 g/mol. The van der Waals surface area contributed by atoms with Crippen LogP contribution in [0.5, 0.6) is 0 Å². The van der Waals surface area contributed by atoms with Crippen molar-refractivity contribution in [2.75, 3.05) is 13.3 Å². The standard InChI is InChI=1S/C6H15N3O/c1-3-6(7)9-8-5-10-4-2/h8H,3-5H2,1-2H3,(H2,7,9). The van der Waals surface area contributed by atoms with Crippen LogP contribution < -0.4 is 11.2 Å². The predicted molar refractivity (Wildman–Crippen MR) is 41.5 cm³/mol. The molecule has 0 aliphatic heterocycles. The fourth-order valence-corrected chi connectivity index (χ4v) is 0.361. The average Bonchev–Trinajstić information content (AvgIpc) is 1.98. The molecule has 0 heterocycles. The van der Waals surface area contributed by atoms with Crippen molar-refractivity contribution in [1.29, 1.82) is 0 Å². The van der Waals surface area contributed by atoms with E-state index in [0.717, 1.165) is 6.42 Å². The summed E-state index contributed by atoms with van der Waals surface area (Å²) in [7, 11) is 0. The van der Waals surface area contributed by atoms with Gasteiger partial charge in [-0.25, -0.2) is 0 Å². The third kappa shape index (κ3) is 5.37. The van der Waals surface area contributed by atoms with Crippen LogP contribution in [0.25, 0.3) is 0 Å². The Bertz CT molecular complexity index is 103. The molecule has 0 rings (SSSR count). The summed E-state index contributed by atoms with van der Waals surface area (Å²) in [6, 6.07) is 0. The number of ether oxygens (including phenoxy) is 1. The van der Waals surface area contributed by atoms with Crippen LogP contribution in [0.1, 0.15) is 20.3 Å². The summed E-state index contributed by atoms with van der Waals surface area (Å²) < 4.78 is 4.95. The molecule has 0 fully saturated rings. The van der Waals surface area contributed by atoms with Gasteiger partial charge in [0.2, 0.25) is 0 Å². The van der Waals surface area contributed by atoms with Crippen molar-refractivity contribution >= 4 is 5.84 Å². The Morgan fingerprint density at radius 2 is 2.30 bits per heavy atom. The van der Waals surface area contributed by atoms with E-state index in [2.05, 4.69) is 10.5 Å². The zero-order valence-electron chi connectivity index (χ0n) is 6.55. The first kappa shape index (κ1) is 9.23. The zero-order chi connectivity index (χ0) is 7.82. The molecule has 0 bridgehead atoms. The molecule has 0 unspecified atom stereocenters. The molecule has 4 nitrogen and oxygen atoms in total. The molecule has 0 aromatic heterocycles. The highest BCUT2D eigenvalue weighted by Gasteiger charge is 1.83. The first-order valence-corrected chi connectivity index (χ1v) is 3.43. The van der Waals surface area contributed by atoms with Gasteiger partial charge in [-0.15, -0.1) is 0 Å². The fraction of sp³-hybridized carbons (Fsp3) is 0.833. The number of nitrogens with one attached hydrogen (secondary N) is 1. The first-order valence-electron chi connectivity index (χ1n) is 3.43. The topological polar surface area (TPSA) is 59.6 Å². The number of nitrogens with zero attached hydrogens (tertiary/aromatic N) is 1. The lowest BCUT2D eigenvalue weighted by molar-refractivity contribution is 0.130. The smallest absolute Gasteiger partial charge is 0.132 e. The van der Waals surface area contributed by atoms with Crippen molar-refractivity contribution < 1.29 is 4.74 Å². The molecule has 0 aliphatic rings. The Morgan fingerprint density at radius 1 is 1.60 bits per heavy atom. The quantitative estimate of drug-likeness (QED) is 0.192. The van der Waals surface area contributed by atoms with E-state index in [0.29, 0.717) is 19.2 Å². The van der Waals surface area contributed by atoms with E-state index in [1.54, 1.807) is 0 Å². The second-order valence-corrected chi connectivity index (χ2v) is 1.75. The molecule has 60 valence electrons. The Kier molecular flexibility index (Phi) is 5.86. The van der Waals surface area contributed by atoms with Crippen molar-refractivity contribution in [3.63, 3.8) is 0 Å². The van der Waals surface area contributed by atoms with Gasteiger partial charge in [0.15, 0.2) is 0 Å². The van der Waals surface area contributed by atoms with Gasteiger partial charge in [0.05, 0.1) is 0 Å². The number of hydrogen-bond acceptors (Lipinski definition) is 3.